The molecule has 1 unspecified atom stereocenters. The van der Waals surface area contributed by atoms with Crippen LogP contribution in [-0.4, -0.2) is 40.4 Å². The van der Waals surface area contributed by atoms with Gasteiger partial charge < -0.3 is 14.8 Å². The molecule has 1 N–H and O–H groups in total. The Morgan fingerprint density at radius 3 is 2.12 bits per heavy atom. The summed E-state index contributed by atoms with van der Waals surface area (Å²) >= 11 is 0. The smallest absolute Gasteiger partial charge is 0.263 e. The Labute approximate surface area is 187 Å². The average molecular weight is 430 g/mol. The van der Waals surface area contributed by atoms with Crippen LogP contribution in [0.4, 0.5) is 0 Å². The molecular formula is C26H27N3O3. The normalized spacial score (nSPS) is 14.2. The molecule has 3 aromatic rings. The van der Waals surface area contributed by atoms with Gasteiger partial charge in [-0.1, -0.05) is 60.7 Å². The number of carbonyl (C=O) groups is 2. The van der Waals surface area contributed by atoms with E-state index in [-0.39, 0.29) is 17.0 Å². The fourth-order valence-corrected chi connectivity index (χ4v) is 4.06. The van der Waals surface area contributed by atoms with Gasteiger partial charge in [0.2, 0.25) is 5.91 Å². The summed E-state index contributed by atoms with van der Waals surface area (Å²) in [7, 11) is 0. The van der Waals surface area contributed by atoms with Crippen molar-refractivity contribution in [3.8, 4) is 0 Å². The van der Waals surface area contributed by atoms with Gasteiger partial charge in [-0.05, 0) is 36.1 Å². The summed E-state index contributed by atoms with van der Waals surface area (Å²) in [6.45, 7) is 1.78. The van der Waals surface area contributed by atoms with Gasteiger partial charge in [0.25, 0.3) is 11.5 Å². The lowest BCUT2D eigenvalue weighted by molar-refractivity contribution is -0.132. The Morgan fingerprint density at radius 2 is 1.47 bits per heavy atom. The molecule has 2 aromatic carbocycles. The number of hydrogen-bond donors (Lipinski definition) is 1. The molecule has 1 aliphatic rings. The lowest BCUT2D eigenvalue weighted by Gasteiger charge is -2.24. The van der Waals surface area contributed by atoms with Crippen LogP contribution in [0.25, 0.3) is 0 Å². The minimum Gasteiger partial charge on any atom is -0.341 e. The molecule has 6 heteroatoms. The highest BCUT2D eigenvalue weighted by atomic mass is 16.2. The van der Waals surface area contributed by atoms with Gasteiger partial charge in [-0.25, -0.2) is 0 Å². The van der Waals surface area contributed by atoms with E-state index in [9.17, 15) is 14.4 Å². The van der Waals surface area contributed by atoms with Crippen LogP contribution in [0.1, 0.15) is 34.3 Å². The molecular weight excluding hydrogens is 402 g/mol. The molecule has 4 rings (SSSR count). The van der Waals surface area contributed by atoms with Crippen molar-refractivity contribution in [1.82, 2.24) is 14.8 Å². The summed E-state index contributed by atoms with van der Waals surface area (Å²) in [5.74, 6) is -0.619. The van der Waals surface area contributed by atoms with E-state index in [1.807, 2.05) is 60.7 Å². The number of benzene rings is 2. The van der Waals surface area contributed by atoms with Gasteiger partial charge in [-0.2, -0.15) is 0 Å². The summed E-state index contributed by atoms with van der Waals surface area (Å²) in [5.41, 5.74) is 1.59. The van der Waals surface area contributed by atoms with Crippen LogP contribution in [0.3, 0.4) is 0 Å². The number of rotatable bonds is 7. The topological polar surface area (TPSA) is 71.4 Å². The van der Waals surface area contributed by atoms with Crippen molar-refractivity contribution in [2.45, 2.75) is 31.8 Å². The maximum atomic E-state index is 13.1. The molecule has 0 bridgehead atoms. The second kappa shape index (κ2) is 10.1. The second-order valence-electron chi connectivity index (χ2n) is 8.09. The number of amides is 2. The Hall–Kier alpha value is -3.67. The summed E-state index contributed by atoms with van der Waals surface area (Å²) in [5, 5.41) is 2.85. The highest BCUT2D eigenvalue weighted by Gasteiger charge is 2.29. The van der Waals surface area contributed by atoms with Gasteiger partial charge in [-0.3, -0.25) is 14.4 Å². The summed E-state index contributed by atoms with van der Waals surface area (Å²) in [6, 6.07) is 21.7. The number of hydrogen-bond acceptors (Lipinski definition) is 3. The lowest BCUT2D eigenvalue weighted by Crippen LogP contribution is -2.50. The van der Waals surface area contributed by atoms with Crippen molar-refractivity contribution < 1.29 is 9.59 Å². The zero-order chi connectivity index (χ0) is 22.3. The lowest BCUT2D eigenvalue weighted by atomic mass is 10.0. The SMILES string of the molecule is O=C(NC(Cc1ccccc1)C(=O)N1CCCC1)c1cccn(Cc2ccccc2)c1=O. The van der Waals surface area contributed by atoms with E-state index in [1.165, 1.54) is 10.6 Å². The maximum Gasteiger partial charge on any atom is 0.263 e. The zero-order valence-electron chi connectivity index (χ0n) is 17.9. The third-order valence-corrected chi connectivity index (χ3v) is 5.76. The van der Waals surface area contributed by atoms with Crippen LogP contribution >= 0.6 is 0 Å². The van der Waals surface area contributed by atoms with Crippen LogP contribution in [0.2, 0.25) is 0 Å². The van der Waals surface area contributed by atoms with Crippen LogP contribution in [0, 0.1) is 0 Å². The molecule has 0 spiro atoms. The summed E-state index contributed by atoms with van der Waals surface area (Å²) < 4.78 is 1.51. The van der Waals surface area contributed by atoms with Crippen molar-refractivity contribution >= 4 is 11.8 Å². The van der Waals surface area contributed by atoms with Crippen molar-refractivity contribution in [2.75, 3.05) is 13.1 Å². The van der Waals surface area contributed by atoms with Crippen molar-refractivity contribution in [1.29, 1.82) is 0 Å². The van der Waals surface area contributed by atoms with E-state index in [2.05, 4.69) is 5.32 Å². The molecule has 1 saturated heterocycles. The van der Waals surface area contributed by atoms with Crippen molar-refractivity contribution in [3.05, 3.63) is 106 Å². The molecule has 1 aromatic heterocycles. The second-order valence-corrected chi connectivity index (χ2v) is 8.09. The molecule has 2 amide bonds. The summed E-state index contributed by atoms with van der Waals surface area (Å²) in [4.78, 5) is 41.0. The average Bonchev–Trinajstić information content (AvgIpc) is 3.36. The van der Waals surface area contributed by atoms with E-state index in [0.29, 0.717) is 26.1 Å². The van der Waals surface area contributed by atoms with E-state index in [4.69, 9.17) is 0 Å². The third-order valence-electron chi connectivity index (χ3n) is 5.76. The first-order valence-corrected chi connectivity index (χ1v) is 11.0. The highest BCUT2D eigenvalue weighted by molar-refractivity contribution is 5.97. The summed E-state index contributed by atoms with van der Waals surface area (Å²) in [6.07, 6.45) is 4.00. The van der Waals surface area contributed by atoms with E-state index < -0.39 is 11.9 Å². The Morgan fingerprint density at radius 1 is 0.844 bits per heavy atom. The van der Waals surface area contributed by atoms with Gasteiger partial charge in [0.05, 0.1) is 6.54 Å². The van der Waals surface area contributed by atoms with Crippen LogP contribution in [-0.2, 0) is 17.8 Å². The first-order chi connectivity index (χ1) is 15.6. The number of nitrogens with one attached hydrogen (secondary N) is 1. The Bertz CT molecular complexity index is 1120. The van der Waals surface area contributed by atoms with Crippen LogP contribution < -0.4 is 10.9 Å². The molecule has 1 aliphatic heterocycles. The first kappa shape index (κ1) is 21.6. The van der Waals surface area contributed by atoms with E-state index in [0.717, 1.165) is 24.0 Å². The predicted molar refractivity (Wildman–Crippen MR) is 123 cm³/mol. The van der Waals surface area contributed by atoms with E-state index >= 15 is 0 Å². The number of carbonyl (C=O) groups excluding carboxylic acids is 2. The number of pyridine rings is 1. The number of aromatic nitrogens is 1. The zero-order valence-corrected chi connectivity index (χ0v) is 17.9. The highest BCUT2D eigenvalue weighted by Crippen LogP contribution is 2.13. The fraction of sp³-hybridized carbons (Fsp3) is 0.269. The predicted octanol–water partition coefficient (Wildman–Crippen LogP) is 2.86. The Balaban J connectivity index is 1.55. The van der Waals surface area contributed by atoms with Gasteiger partial charge in [0.1, 0.15) is 11.6 Å². The molecule has 0 aliphatic carbocycles. The molecule has 2 heterocycles. The van der Waals surface area contributed by atoms with Crippen LogP contribution in [0.15, 0.2) is 83.8 Å². The standard InChI is InChI=1S/C26H27N3O3/c30-24(22-14-9-17-29(25(22)31)19-21-12-5-2-6-13-21)27-23(18-20-10-3-1-4-11-20)26(32)28-15-7-8-16-28/h1-6,9-14,17,23H,7-8,15-16,18-19H2,(H,27,30). The molecule has 0 radical (unpaired) electrons. The molecule has 1 fully saturated rings. The minimum absolute atomic E-state index is 0.0377. The quantitative estimate of drug-likeness (QED) is 0.628. The monoisotopic (exact) mass is 429 g/mol. The van der Waals surface area contributed by atoms with Crippen molar-refractivity contribution in [2.24, 2.45) is 0 Å². The first-order valence-electron chi connectivity index (χ1n) is 11.0. The van der Waals surface area contributed by atoms with E-state index in [1.54, 1.807) is 17.2 Å². The van der Waals surface area contributed by atoms with Crippen molar-refractivity contribution in [3.63, 3.8) is 0 Å². The largest absolute Gasteiger partial charge is 0.341 e. The fourth-order valence-electron chi connectivity index (χ4n) is 4.06. The number of nitrogens with zero attached hydrogens (tertiary/aromatic N) is 2. The van der Waals surface area contributed by atoms with Gasteiger partial charge in [0, 0.05) is 25.7 Å². The maximum absolute atomic E-state index is 13.1. The van der Waals surface area contributed by atoms with Gasteiger partial charge in [-0.15, -0.1) is 0 Å². The molecule has 164 valence electrons. The number of likely N-dealkylation sites (tertiary alicyclic amines) is 1. The van der Waals surface area contributed by atoms with Gasteiger partial charge >= 0.3 is 0 Å². The molecule has 0 saturated carbocycles. The Kier molecular flexibility index (Phi) is 6.80. The molecule has 32 heavy (non-hydrogen) atoms. The molecule has 6 nitrogen and oxygen atoms in total. The van der Waals surface area contributed by atoms with Crippen LogP contribution in [0.5, 0.6) is 0 Å². The minimum atomic E-state index is -0.717. The third kappa shape index (κ3) is 5.14. The van der Waals surface area contributed by atoms with Gasteiger partial charge in [0.15, 0.2) is 0 Å². The molecule has 1 atom stereocenters.